The van der Waals surface area contributed by atoms with Crippen LogP contribution >= 0.6 is 23.1 Å². The van der Waals surface area contributed by atoms with E-state index in [0.29, 0.717) is 5.25 Å². The van der Waals surface area contributed by atoms with E-state index < -0.39 is 0 Å². The second kappa shape index (κ2) is 4.54. The van der Waals surface area contributed by atoms with Gasteiger partial charge in [-0.2, -0.15) is 11.8 Å². The molecule has 0 nitrogen and oxygen atoms in total. The number of rotatable bonds is 3. The van der Waals surface area contributed by atoms with Crippen molar-refractivity contribution >= 4 is 33.2 Å². The molecule has 1 heterocycles. The van der Waals surface area contributed by atoms with Crippen molar-refractivity contribution in [1.29, 1.82) is 0 Å². The Balaban J connectivity index is 2.27. The minimum atomic E-state index is -0.0988. The topological polar surface area (TPSA) is 0 Å². The molecular formula is C12H13FS2. The molecule has 0 aliphatic rings. The number of halogens is 1. The highest BCUT2D eigenvalue weighted by Gasteiger charge is 2.06. The zero-order valence-corrected chi connectivity index (χ0v) is 10.4. The van der Waals surface area contributed by atoms with Crippen LogP contribution in [0.2, 0.25) is 0 Å². The molecule has 0 amide bonds. The van der Waals surface area contributed by atoms with Gasteiger partial charge in [0.05, 0.1) is 4.70 Å². The summed E-state index contributed by atoms with van der Waals surface area (Å²) in [5.41, 5.74) is 0. The fourth-order valence-electron chi connectivity index (χ4n) is 1.40. The first-order valence-electron chi connectivity index (χ1n) is 4.95. The smallest absolute Gasteiger partial charge is 0.140 e. The van der Waals surface area contributed by atoms with Crippen LogP contribution in [0.25, 0.3) is 10.1 Å². The number of hydrogen-bond acceptors (Lipinski definition) is 2. The van der Waals surface area contributed by atoms with Gasteiger partial charge in [0, 0.05) is 10.6 Å². The largest absolute Gasteiger partial charge is 0.205 e. The van der Waals surface area contributed by atoms with Crippen LogP contribution in [0, 0.1) is 5.82 Å². The molecule has 0 fully saturated rings. The first-order valence-corrected chi connectivity index (χ1v) is 6.82. The van der Waals surface area contributed by atoms with Crippen LogP contribution in [0.5, 0.6) is 0 Å². The second-order valence-corrected chi connectivity index (χ2v) is 6.43. The lowest BCUT2D eigenvalue weighted by Crippen LogP contribution is -1.85. The lowest BCUT2D eigenvalue weighted by Gasteiger charge is -2.00. The maximum atomic E-state index is 13.4. The molecule has 1 aromatic heterocycles. The molecule has 0 aliphatic heterocycles. The zero-order valence-electron chi connectivity index (χ0n) is 8.79. The van der Waals surface area contributed by atoms with E-state index in [0.717, 1.165) is 15.8 Å². The molecule has 2 aromatic rings. The Labute approximate surface area is 97.5 Å². The molecule has 3 heteroatoms. The first-order chi connectivity index (χ1) is 7.16. The van der Waals surface area contributed by atoms with Crippen molar-refractivity contribution in [3.63, 3.8) is 0 Å². The molecule has 0 radical (unpaired) electrons. The fourth-order valence-corrected chi connectivity index (χ4v) is 3.28. The molecule has 15 heavy (non-hydrogen) atoms. The number of hydrogen-bond donors (Lipinski definition) is 0. The Kier molecular flexibility index (Phi) is 3.32. The van der Waals surface area contributed by atoms with Gasteiger partial charge in [0.1, 0.15) is 5.82 Å². The second-order valence-electron chi connectivity index (χ2n) is 3.73. The minimum Gasteiger partial charge on any atom is -0.205 e. The lowest BCUT2D eigenvalue weighted by molar-refractivity contribution is 0.642. The first kappa shape index (κ1) is 11.0. The summed E-state index contributed by atoms with van der Waals surface area (Å²) in [4.78, 5) is 1.26. The van der Waals surface area contributed by atoms with E-state index in [1.165, 1.54) is 10.9 Å². The van der Waals surface area contributed by atoms with Crippen LogP contribution < -0.4 is 0 Å². The van der Waals surface area contributed by atoms with Crippen LogP contribution in [0.15, 0.2) is 24.3 Å². The summed E-state index contributed by atoms with van der Waals surface area (Å²) >= 11 is 3.46. The maximum Gasteiger partial charge on any atom is 0.140 e. The van der Waals surface area contributed by atoms with Crippen molar-refractivity contribution in [3.8, 4) is 0 Å². The molecule has 1 aromatic carbocycles. The lowest BCUT2D eigenvalue weighted by atomic mass is 10.2. The van der Waals surface area contributed by atoms with Crippen LogP contribution in [-0.2, 0) is 5.75 Å². The van der Waals surface area contributed by atoms with Crippen molar-refractivity contribution < 1.29 is 4.39 Å². The molecular weight excluding hydrogens is 227 g/mol. The van der Waals surface area contributed by atoms with Gasteiger partial charge in [-0.05, 0) is 22.8 Å². The molecule has 2 rings (SSSR count). The van der Waals surface area contributed by atoms with Gasteiger partial charge in [0.25, 0.3) is 0 Å². The summed E-state index contributed by atoms with van der Waals surface area (Å²) < 4.78 is 14.2. The highest BCUT2D eigenvalue weighted by Crippen LogP contribution is 2.31. The molecule has 0 atom stereocenters. The third-order valence-corrected chi connectivity index (χ3v) is 4.59. The average Bonchev–Trinajstić information content (AvgIpc) is 2.59. The van der Waals surface area contributed by atoms with Gasteiger partial charge in [-0.15, -0.1) is 11.3 Å². The van der Waals surface area contributed by atoms with E-state index in [9.17, 15) is 4.39 Å². The summed E-state index contributed by atoms with van der Waals surface area (Å²) in [5, 5.41) is 1.65. The van der Waals surface area contributed by atoms with Gasteiger partial charge < -0.3 is 0 Å². The Hall–Kier alpha value is -0.540. The van der Waals surface area contributed by atoms with Crippen molar-refractivity contribution in [3.05, 3.63) is 35.0 Å². The van der Waals surface area contributed by atoms with E-state index in [4.69, 9.17) is 0 Å². The maximum absolute atomic E-state index is 13.4. The van der Waals surface area contributed by atoms with Gasteiger partial charge in [0.2, 0.25) is 0 Å². The van der Waals surface area contributed by atoms with Crippen LogP contribution in [0.1, 0.15) is 18.7 Å². The number of benzene rings is 1. The van der Waals surface area contributed by atoms with Gasteiger partial charge in [-0.3, -0.25) is 0 Å². The van der Waals surface area contributed by atoms with Crippen LogP contribution in [-0.4, -0.2) is 5.25 Å². The fraction of sp³-hybridized carbons (Fsp3) is 0.333. The van der Waals surface area contributed by atoms with Crippen molar-refractivity contribution in [2.24, 2.45) is 0 Å². The Morgan fingerprint density at radius 2 is 2.20 bits per heavy atom. The molecule has 0 spiro atoms. The predicted octanol–water partition coefficient (Wildman–Crippen LogP) is 4.68. The standard InChI is InChI=1S/C12H13FS2/c1-8(2)14-7-10-6-9-4-3-5-11(13)12(9)15-10/h3-6,8H,7H2,1-2H3. The molecule has 0 saturated carbocycles. The van der Waals surface area contributed by atoms with Crippen molar-refractivity contribution in [2.45, 2.75) is 24.9 Å². The molecule has 0 N–H and O–H groups in total. The molecule has 80 valence electrons. The zero-order chi connectivity index (χ0) is 10.8. The van der Waals surface area contributed by atoms with E-state index in [2.05, 4.69) is 19.9 Å². The molecule has 0 bridgehead atoms. The quantitative estimate of drug-likeness (QED) is 0.750. The predicted molar refractivity (Wildman–Crippen MR) is 68.2 cm³/mol. The summed E-state index contributed by atoms with van der Waals surface area (Å²) in [5.74, 6) is 0.884. The number of thioether (sulfide) groups is 1. The van der Waals surface area contributed by atoms with Gasteiger partial charge in [0.15, 0.2) is 0 Å². The summed E-state index contributed by atoms with van der Waals surface area (Å²) in [6.45, 7) is 4.36. The average molecular weight is 240 g/mol. The van der Waals surface area contributed by atoms with Gasteiger partial charge in [-0.1, -0.05) is 26.0 Å². The van der Waals surface area contributed by atoms with Gasteiger partial charge >= 0.3 is 0 Å². The van der Waals surface area contributed by atoms with E-state index in [1.54, 1.807) is 17.4 Å². The normalized spacial score (nSPS) is 11.5. The van der Waals surface area contributed by atoms with Crippen molar-refractivity contribution in [1.82, 2.24) is 0 Å². The number of fused-ring (bicyclic) bond motifs is 1. The summed E-state index contributed by atoms with van der Waals surface area (Å²) in [6.07, 6.45) is 0. The van der Waals surface area contributed by atoms with E-state index in [1.807, 2.05) is 17.8 Å². The summed E-state index contributed by atoms with van der Waals surface area (Å²) in [7, 11) is 0. The minimum absolute atomic E-state index is 0.0988. The Morgan fingerprint density at radius 3 is 2.87 bits per heavy atom. The number of thiophene rings is 1. The highest BCUT2D eigenvalue weighted by atomic mass is 32.2. The van der Waals surface area contributed by atoms with Crippen LogP contribution in [0.4, 0.5) is 4.39 Å². The Bertz CT molecular complexity index is 460. The van der Waals surface area contributed by atoms with Crippen molar-refractivity contribution in [2.75, 3.05) is 0 Å². The highest BCUT2D eigenvalue weighted by molar-refractivity contribution is 7.99. The summed E-state index contributed by atoms with van der Waals surface area (Å²) in [6, 6.07) is 7.36. The molecule has 0 aliphatic carbocycles. The van der Waals surface area contributed by atoms with Crippen LogP contribution in [0.3, 0.4) is 0 Å². The SMILES string of the molecule is CC(C)SCc1cc2cccc(F)c2s1. The van der Waals surface area contributed by atoms with E-state index in [-0.39, 0.29) is 5.82 Å². The monoisotopic (exact) mass is 240 g/mol. The van der Waals surface area contributed by atoms with Gasteiger partial charge in [-0.25, -0.2) is 4.39 Å². The molecule has 0 saturated heterocycles. The Morgan fingerprint density at radius 1 is 1.40 bits per heavy atom. The molecule has 0 unspecified atom stereocenters. The third kappa shape index (κ3) is 2.52. The van der Waals surface area contributed by atoms with E-state index >= 15 is 0 Å². The third-order valence-electron chi connectivity index (χ3n) is 2.11.